The number of halogens is 3. The Morgan fingerprint density at radius 3 is 2.47 bits per heavy atom. The third kappa shape index (κ3) is 3.38. The number of rotatable bonds is 3. The first kappa shape index (κ1) is 14.1. The van der Waals surface area contributed by atoms with Gasteiger partial charge in [0.25, 0.3) is 0 Å². The lowest BCUT2D eigenvalue weighted by atomic mass is 10.1. The normalized spacial score (nSPS) is 12.3. The van der Waals surface area contributed by atoms with Gasteiger partial charge in [-0.1, -0.05) is 23.2 Å². The topological polar surface area (TPSA) is 29.5 Å². The van der Waals surface area contributed by atoms with Crippen molar-refractivity contribution >= 4 is 23.2 Å². The number of aliphatic hydroxyl groups excluding tert-OH is 1. The molecule has 0 aliphatic heterocycles. The SMILES string of the molecule is C[C@@H](O)c1cc(F)ccc1Oc1ccc(Cl)c(Cl)c1. The minimum Gasteiger partial charge on any atom is -0.457 e. The van der Waals surface area contributed by atoms with Crippen molar-refractivity contribution in [3.8, 4) is 11.5 Å². The van der Waals surface area contributed by atoms with Crippen molar-refractivity contribution in [2.45, 2.75) is 13.0 Å². The highest BCUT2D eigenvalue weighted by Gasteiger charge is 2.12. The maximum absolute atomic E-state index is 13.2. The van der Waals surface area contributed by atoms with Crippen LogP contribution in [0.1, 0.15) is 18.6 Å². The molecular formula is C14H11Cl2FO2. The molecule has 19 heavy (non-hydrogen) atoms. The van der Waals surface area contributed by atoms with Gasteiger partial charge >= 0.3 is 0 Å². The molecule has 2 nitrogen and oxygen atoms in total. The lowest BCUT2D eigenvalue weighted by molar-refractivity contribution is 0.195. The van der Waals surface area contributed by atoms with E-state index in [-0.39, 0.29) is 0 Å². The van der Waals surface area contributed by atoms with Gasteiger partial charge in [0.05, 0.1) is 16.1 Å². The Bertz CT molecular complexity index is 600. The summed E-state index contributed by atoms with van der Waals surface area (Å²) in [5.74, 6) is 0.398. The van der Waals surface area contributed by atoms with E-state index in [1.807, 2.05) is 0 Å². The minimum atomic E-state index is -0.839. The molecule has 1 N–H and O–H groups in total. The van der Waals surface area contributed by atoms with Crippen LogP contribution in [0.15, 0.2) is 36.4 Å². The summed E-state index contributed by atoms with van der Waals surface area (Å²) in [7, 11) is 0. The van der Waals surface area contributed by atoms with Crippen LogP contribution in [-0.2, 0) is 0 Å². The Morgan fingerprint density at radius 1 is 1.11 bits per heavy atom. The molecule has 0 aliphatic rings. The molecule has 0 bridgehead atoms. The van der Waals surface area contributed by atoms with E-state index >= 15 is 0 Å². The maximum atomic E-state index is 13.2. The first-order chi connectivity index (χ1) is 8.97. The van der Waals surface area contributed by atoms with Gasteiger partial charge in [-0.15, -0.1) is 0 Å². The van der Waals surface area contributed by atoms with Crippen molar-refractivity contribution < 1.29 is 14.2 Å². The molecule has 2 rings (SSSR count). The molecule has 2 aromatic carbocycles. The third-order valence-electron chi connectivity index (χ3n) is 2.54. The van der Waals surface area contributed by atoms with Crippen LogP contribution in [0, 0.1) is 5.82 Å². The average Bonchev–Trinajstić information content (AvgIpc) is 2.36. The lowest BCUT2D eigenvalue weighted by Gasteiger charge is -2.13. The zero-order chi connectivity index (χ0) is 14.0. The first-order valence-corrected chi connectivity index (χ1v) is 6.33. The lowest BCUT2D eigenvalue weighted by Crippen LogP contribution is -1.97. The highest BCUT2D eigenvalue weighted by Crippen LogP contribution is 2.33. The number of benzene rings is 2. The summed E-state index contributed by atoms with van der Waals surface area (Å²) < 4.78 is 18.7. The van der Waals surface area contributed by atoms with Gasteiger partial charge in [-0.3, -0.25) is 0 Å². The van der Waals surface area contributed by atoms with E-state index in [1.165, 1.54) is 25.1 Å². The second-order valence-corrected chi connectivity index (χ2v) is 4.85. The van der Waals surface area contributed by atoms with Crippen molar-refractivity contribution in [2.75, 3.05) is 0 Å². The van der Waals surface area contributed by atoms with E-state index in [0.29, 0.717) is 27.1 Å². The summed E-state index contributed by atoms with van der Waals surface area (Å²) in [6, 6.07) is 8.75. The molecule has 2 aromatic rings. The van der Waals surface area contributed by atoms with E-state index in [4.69, 9.17) is 27.9 Å². The molecule has 0 radical (unpaired) electrons. The number of hydrogen-bond acceptors (Lipinski definition) is 2. The van der Waals surface area contributed by atoms with Gasteiger partial charge in [0, 0.05) is 11.6 Å². The van der Waals surface area contributed by atoms with E-state index < -0.39 is 11.9 Å². The number of ether oxygens (including phenoxy) is 1. The van der Waals surface area contributed by atoms with E-state index in [0.717, 1.165) is 0 Å². The molecule has 0 spiro atoms. The predicted octanol–water partition coefficient (Wildman–Crippen LogP) is 4.98. The summed E-state index contributed by atoms with van der Waals surface area (Å²) >= 11 is 11.7. The second kappa shape index (κ2) is 5.78. The van der Waals surface area contributed by atoms with E-state index in [1.54, 1.807) is 18.2 Å². The molecule has 0 aromatic heterocycles. The summed E-state index contributed by atoms with van der Waals surface area (Å²) in [5.41, 5.74) is 0.367. The summed E-state index contributed by atoms with van der Waals surface area (Å²) in [4.78, 5) is 0. The molecule has 0 aliphatic carbocycles. The first-order valence-electron chi connectivity index (χ1n) is 5.58. The Labute approximate surface area is 120 Å². The Hall–Kier alpha value is -1.29. The molecule has 0 amide bonds. The van der Waals surface area contributed by atoms with Crippen LogP contribution in [0.4, 0.5) is 4.39 Å². The molecule has 100 valence electrons. The van der Waals surface area contributed by atoms with Crippen LogP contribution in [0.25, 0.3) is 0 Å². The fourth-order valence-corrected chi connectivity index (χ4v) is 1.89. The standard InChI is InChI=1S/C14H11Cl2FO2/c1-8(18)11-6-9(17)2-5-14(11)19-10-3-4-12(15)13(16)7-10/h2-8,18H,1H3/t8-/m1/s1. The highest BCUT2D eigenvalue weighted by molar-refractivity contribution is 6.42. The van der Waals surface area contributed by atoms with Gasteiger partial charge in [-0.05, 0) is 37.3 Å². The average molecular weight is 301 g/mol. The van der Waals surface area contributed by atoms with E-state index in [2.05, 4.69) is 0 Å². The van der Waals surface area contributed by atoms with Crippen LogP contribution < -0.4 is 4.74 Å². The van der Waals surface area contributed by atoms with Crippen LogP contribution >= 0.6 is 23.2 Å². The monoisotopic (exact) mass is 300 g/mol. The van der Waals surface area contributed by atoms with Gasteiger partial charge in [0.2, 0.25) is 0 Å². The van der Waals surface area contributed by atoms with Gasteiger partial charge < -0.3 is 9.84 Å². The Morgan fingerprint density at radius 2 is 1.84 bits per heavy atom. The van der Waals surface area contributed by atoms with Crippen molar-refractivity contribution in [3.05, 3.63) is 57.8 Å². The zero-order valence-corrected chi connectivity index (χ0v) is 11.5. The third-order valence-corrected chi connectivity index (χ3v) is 3.28. The fraction of sp³-hybridized carbons (Fsp3) is 0.143. The minimum absolute atomic E-state index is 0.361. The number of aliphatic hydroxyl groups is 1. The van der Waals surface area contributed by atoms with Gasteiger partial charge in [0.15, 0.2) is 0 Å². The van der Waals surface area contributed by atoms with Crippen molar-refractivity contribution in [1.29, 1.82) is 0 Å². The van der Waals surface area contributed by atoms with Gasteiger partial charge in [-0.25, -0.2) is 4.39 Å². The Kier molecular flexibility index (Phi) is 4.30. The van der Waals surface area contributed by atoms with E-state index in [9.17, 15) is 9.50 Å². The molecule has 5 heteroatoms. The summed E-state index contributed by atoms with van der Waals surface area (Å²) in [6.45, 7) is 1.54. The van der Waals surface area contributed by atoms with Crippen molar-refractivity contribution in [3.63, 3.8) is 0 Å². The quantitative estimate of drug-likeness (QED) is 0.866. The fourth-order valence-electron chi connectivity index (χ4n) is 1.61. The van der Waals surface area contributed by atoms with Crippen LogP contribution in [-0.4, -0.2) is 5.11 Å². The summed E-state index contributed by atoms with van der Waals surface area (Å²) in [5, 5.41) is 10.4. The summed E-state index contributed by atoms with van der Waals surface area (Å²) in [6.07, 6.45) is -0.839. The van der Waals surface area contributed by atoms with Crippen molar-refractivity contribution in [2.24, 2.45) is 0 Å². The molecule has 0 unspecified atom stereocenters. The van der Waals surface area contributed by atoms with Gasteiger partial charge in [-0.2, -0.15) is 0 Å². The molecule has 0 heterocycles. The smallest absolute Gasteiger partial charge is 0.133 e. The largest absolute Gasteiger partial charge is 0.457 e. The zero-order valence-electron chi connectivity index (χ0n) is 10.0. The predicted molar refractivity (Wildman–Crippen MR) is 73.6 cm³/mol. The van der Waals surface area contributed by atoms with Crippen LogP contribution in [0.3, 0.4) is 0 Å². The highest BCUT2D eigenvalue weighted by atomic mass is 35.5. The molecule has 0 saturated carbocycles. The molecule has 1 atom stereocenters. The second-order valence-electron chi connectivity index (χ2n) is 4.04. The molecule has 0 saturated heterocycles. The molecule has 0 fully saturated rings. The van der Waals surface area contributed by atoms with Gasteiger partial charge in [0.1, 0.15) is 17.3 Å². The Balaban J connectivity index is 2.35. The van der Waals surface area contributed by atoms with Crippen molar-refractivity contribution in [1.82, 2.24) is 0 Å². The van der Waals surface area contributed by atoms with Crippen LogP contribution in [0.5, 0.6) is 11.5 Å². The van der Waals surface area contributed by atoms with Crippen LogP contribution in [0.2, 0.25) is 10.0 Å². The number of hydrogen-bond donors (Lipinski definition) is 1. The molecular weight excluding hydrogens is 290 g/mol. The maximum Gasteiger partial charge on any atom is 0.133 e.